The summed E-state index contributed by atoms with van der Waals surface area (Å²) in [6.45, 7) is 1.39. The highest BCUT2D eigenvalue weighted by atomic mass is 16.6. The highest BCUT2D eigenvalue weighted by Crippen LogP contribution is 2.27. The molecule has 0 heterocycles. The summed E-state index contributed by atoms with van der Waals surface area (Å²) in [6.07, 6.45) is 0. The van der Waals surface area contributed by atoms with Crippen LogP contribution in [0.4, 0.5) is 11.4 Å². The zero-order valence-electron chi connectivity index (χ0n) is 10.1. The van der Waals surface area contributed by atoms with Crippen molar-refractivity contribution in [1.82, 2.24) is 0 Å². The summed E-state index contributed by atoms with van der Waals surface area (Å²) in [4.78, 5) is 21.0. The standard InChI is InChI=1S/C11H7N5O4/c1-6-9(15-14-8(4-12)5-13)2-7(11(17)18)3-10(6)16(19)20/h2-3,15H,1H3,(H,17,18). The van der Waals surface area contributed by atoms with Crippen LogP contribution in [-0.2, 0) is 0 Å². The molecule has 0 radical (unpaired) electrons. The quantitative estimate of drug-likeness (QED) is 0.477. The van der Waals surface area contributed by atoms with Gasteiger partial charge in [-0.2, -0.15) is 15.6 Å². The SMILES string of the molecule is Cc1c(NN=C(C#N)C#N)cc(C(=O)O)cc1[N+](=O)[O-]. The molecule has 1 rings (SSSR count). The van der Waals surface area contributed by atoms with Gasteiger partial charge in [-0.3, -0.25) is 15.5 Å². The minimum absolute atomic E-state index is 0.0274. The maximum Gasteiger partial charge on any atom is 0.336 e. The first-order valence-corrected chi connectivity index (χ1v) is 5.07. The number of rotatable bonds is 4. The molecule has 0 aliphatic carbocycles. The molecule has 0 aliphatic rings. The van der Waals surface area contributed by atoms with Crippen LogP contribution in [0.3, 0.4) is 0 Å². The number of carboxylic acid groups (broad SMARTS) is 1. The number of hydrazone groups is 1. The number of carbonyl (C=O) groups is 1. The first-order chi connectivity index (χ1) is 9.40. The van der Waals surface area contributed by atoms with Crippen molar-refractivity contribution in [1.29, 1.82) is 10.5 Å². The van der Waals surface area contributed by atoms with E-state index in [0.29, 0.717) is 0 Å². The number of hydrogen-bond acceptors (Lipinski definition) is 7. The molecular weight excluding hydrogens is 266 g/mol. The van der Waals surface area contributed by atoms with E-state index in [9.17, 15) is 14.9 Å². The zero-order valence-corrected chi connectivity index (χ0v) is 10.1. The van der Waals surface area contributed by atoms with Gasteiger partial charge in [0.2, 0.25) is 5.71 Å². The van der Waals surface area contributed by atoms with E-state index in [1.54, 1.807) is 0 Å². The largest absolute Gasteiger partial charge is 0.478 e. The number of nitriles is 2. The summed E-state index contributed by atoms with van der Waals surface area (Å²) >= 11 is 0. The molecule has 0 saturated heterocycles. The molecule has 0 aliphatic heterocycles. The van der Waals surface area contributed by atoms with Gasteiger partial charge in [-0.15, -0.1) is 0 Å². The zero-order chi connectivity index (χ0) is 15.3. The van der Waals surface area contributed by atoms with Gasteiger partial charge in [-0.1, -0.05) is 0 Å². The third-order valence-corrected chi connectivity index (χ3v) is 2.32. The van der Waals surface area contributed by atoms with Gasteiger partial charge in [0, 0.05) is 6.07 Å². The Kier molecular flexibility index (Phi) is 4.33. The molecule has 0 unspecified atom stereocenters. The Hall–Kier alpha value is -3.46. The summed E-state index contributed by atoms with van der Waals surface area (Å²) < 4.78 is 0. The Bertz CT molecular complexity index is 680. The first kappa shape index (κ1) is 14.6. The lowest BCUT2D eigenvalue weighted by Gasteiger charge is -2.07. The molecule has 0 saturated carbocycles. The molecule has 20 heavy (non-hydrogen) atoms. The normalized spacial score (nSPS) is 8.95. The molecule has 100 valence electrons. The topological polar surface area (TPSA) is 152 Å². The third-order valence-electron chi connectivity index (χ3n) is 2.32. The van der Waals surface area contributed by atoms with Crippen molar-refractivity contribution >= 4 is 23.1 Å². The maximum absolute atomic E-state index is 10.9. The van der Waals surface area contributed by atoms with Crippen molar-refractivity contribution < 1.29 is 14.8 Å². The molecule has 0 aromatic heterocycles. The van der Waals surface area contributed by atoms with Gasteiger partial charge in [0.25, 0.3) is 5.69 Å². The molecule has 1 aromatic carbocycles. The van der Waals surface area contributed by atoms with Gasteiger partial charge >= 0.3 is 5.97 Å². The van der Waals surface area contributed by atoms with Crippen LogP contribution in [0.25, 0.3) is 0 Å². The van der Waals surface area contributed by atoms with Gasteiger partial charge in [-0.05, 0) is 13.0 Å². The number of nitro groups is 1. The number of anilines is 1. The lowest BCUT2D eigenvalue weighted by atomic mass is 10.1. The second-order valence-corrected chi connectivity index (χ2v) is 3.53. The molecule has 0 atom stereocenters. The molecule has 9 nitrogen and oxygen atoms in total. The number of aromatic carboxylic acids is 1. The van der Waals surface area contributed by atoms with Gasteiger partial charge in [-0.25, -0.2) is 4.79 Å². The van der Waals surface area contributed by atoms with E-state index in [1.807, 2.05) is 0 Å². The van der Waals surface area contributed by atoms with Crippen molar-refractivity contribution in [3.8, 4) is 12.1 Å². The molecule has 0 bridgehead atoms. The summed E-state index contributed by atoms with van der Waals surface area (Å²) in [5.74, 6) is -1.35. The van der Waals surface area contributed by atoms with Crippen molar-refractivity contribution in [3.63, 3.8) is 0 Å². The van der Waals surface area contributed by atoms with Gasteiger partial charge in [0.15, 0.2) is 0 Å². The average molecular weight is 273 g/mol. The van der Waals surface area contributed by atoms with E-state index < -0.39 is 22.3 Å². The molecular formula is C11H7N5O4. The molecule has 0 amide bonds. The van der Waals surface area contributed by atoms with Gasteiger partial charge in [0.1, 0.15) is 12.1 Å². The number of hydrogen-bond donors (Lipinski definition) is 2. The Balaban J connectivity index is 3.36. The third kappa shape index (κ3) is 3.05. The lowest BCUT2D eigenvalue weighted by molar-refractivity contribution is -0.385. The fourth-order valence-electron chi connectivity index (χ4n) is 1.32. The minimum atomic E-state index is -1.35. The predicted molar refractivity (Wildman–Crippen MR) is 67.1 cm³/mol. The predicted octanol–water partition coefficient (Wildman–Crippen LogP) is 1.42. The van der Waals surface area contributed by atoms with E-state index in [2.05, 4.69) is 10.5 Å². The van der Waals surface area contributed by atoms with E-state index in [-0.39, 0.29) is 16.8 Å². The molecule has 1 aromatic rings. The number of benzene rings is 1. The van der Waals surface area contributed by atoms with Crippen molar-refractivity contribution in [2.75, 3.05) is 5.43 Å². The molecule has 0 fully saturated rings. The Morgan fingerprint density at radius 1 is 1.45 bits per heavy atom. The number of nitro benzene ring substituents is 1. The number of carboxylic acids is 1. The van der Waals surface area contributed by atoms with Crippen molar-refractivity contribution in [3.05, 3.63) is 33.4 Å². The Morgan fingerprint density at radius 3 is 2.50 bits per heavy atom. The Labute approximate surface area is 112 Å². The number of nitrogens with zero attached hydrogens (tertiary/aromatic N) is 4. The van der Waals surface area contributed by atoms with Crippen LogP contribution in [0.2, 0.25) is 0 Å². The van der Waals surface area contributed by atoms with Gasteiger partial charge < -0.3 is 5.11 Å². The van der Waals surface area contributed by atoms with E-state index in [4.69, 9.17) is 15.6 Å². The van der Waals surface area contributed by atoms with Crippen LogP contribution >= 0.6 is 0 Å². The summed E-state index contributed by atoms with van der Waals surface area (Å²) in [5, 5.41) is 40.2. The first-order valence-electron chi connectivity index (χ1n) is 5.07. The fourth-order valence-corrected chi connectivity index (χ4v) is 1.32. The van der Waals surface area contributed by atoms with E-state index in [1.165, 1.54) is 19.1 Å². The molecule has 9 heteroatoms. The monoisotopic (exact) mass is 273 g/mol. The molecule has 0 spiro atoms. The van der Waals surface area contributed by atoms with Crippen molar-refractivity contribution in [2.24, 2.45) is 5.10 Å². The maximum atomic E-state index is 10.9. The minimum Gasteiger partial charge on any atom is -0.478 e. The van der Waals surface area contributed by atoms with E-state index in [0.717, 1.165) is 12.1 Å². The van der Waals surface area contributed by atoms with Crippen LogP contribution in [-0.4, -0.2) is 21.7 Å². The van der Waals surface area contributed by atoms with Crippen molar-refractivity contribution in [2.45, 2.75) is 6.92 Å². The second-order valence-electron chi connectivity index (χ2n) is 3.53. The van der Waals surface area contributed by atoms with E-state index >= 15 is 0 Å². The average Bonchev–Trinajstić information content (AvgIpc) is 2.40. The smallest absolute Gasteiger partial charge is 0.336 e. The fraction of sp³-hybridized carbons (Fsp3) is 0.0909. The van der Waals surface area contributed by atoms with Crippen LogP contribution in [0.15, 0.2) is 17.2 Å². The number of nitrogens with one attached hydrogen (secondary N) is 1. The van der Waals surface area contributed by atoms with Crippen LogP contribution in [0, 0.1) is 39.7 Å². The van der Waals surface area contributed by atoms with Crippen LogP contribution in [0.5, 0.6) is 0 Å². The van der Waals surface area contributed by atoms with Gasteiger partial charge in [0.05, 0.1) is 21.7 Å². The van der Waals surface area contributed by atoms with Crippen LogP contribution < -0.4 is 5.43 Å². The summed E-state index contributed by atoms with van der Waals surface area (Å²) in [6, 6.07) is 5.03. The molecule has 2 N–H and O–H groups in total. The summed E-state index contributed by atoms with van der Waals surface area (Å²) in [5.41, 5.74) is 1.24. The second kappa shape index (κ2) is 5.93. The lowest BCUT2D eigenvalue weighted by Crippen LogP contribution is -2.04. The van der Waals surface area contributed by atoms with Crippen LogP contribution in [0.1, 0.15) is 15.9 Å². The highest BCUT2D eigenvalue weighted by Gasteiger charge is 2.19. The summed E-state index contributed by atoms with van der Waals surface area (Å²) in [7, 11) is 0. The Morgan fingerprint density at radius 2 is 2.05 bits per heavy atom. The highest BCUT2D eigenvalue weighted by molar-refractivity contribution is 6.10.